The predicted octanol–water partition coefficient (Wildman–Crippen LogP) is 7.08. The summed E-state index contributed by atoms with van der Waals surface area (Å²) in [4.78, 5) is 12.6. The molecule has 0 aromatic heterocycles. The normalized spacial score (nSPS) is 10.6. The van der Waals surface area contributed by atoms with E-state index in [-0.39, 0.29) is 5.97 Å². The van der Waals surface area contributed by atoms with Crippen LogP contribution in [-0.4, -0.2) is 5.97 Å². The highest BCUT2D eigenvalue weighted by molar-refractivity contribution is 5.91. The number of carbonyl (C=O) groups is 1. The van der Waals surface area contributed by atoms with Crippen molar-refractivity contribution >= 4 is 5.97 Å². The quantitative estimate of drug-likeness (QED) is 0.246. The number of benzene rings is 4. The summed E-state index contributed by atoms with van der Waals surface area (Å²) in [6, 6.07) is 29.5. The van der Waals surface area contributed by atoms with Crippen molar-refractivity contribution in [2.75, 3.05) is 0 Å². The molecule has 3 nitrogen and oxygen atoms in total. The molecule has 160 valence electrons. The molecule has 0 aliphatic rings. The molecule has 0 amide bonds. The topological polar surface area (TPSA) is 35.5 Å². The molecular weight excluding hydrogens is 396 g/mol. The fraction of sp³-hybridized carbons (Fsp3) is 0.138. The van der Waals surface area contributed by atoms with Crippen LogP contribution in [0.25, 0.3) is 11.1 Å². The molecule has 0 radical (unpaired) electrons. The lowest BCUT2D eigenvalue weighted by molar-refractivity contribution is 0.0733. The van der Waals surface area contributed by atoms with Crippen LogP contribution in [0, 0.1) is 20.8 Å². The first-order valence-corrected chi connectivity index (χ1v) is 10.7. The van der Waals surface area contributed by atoms with Crippen LogP contribution in [-0.2, 0) is 6.61 Å². The molecule has 0 bridgehead atoms. The van der Waals surface area contributed by atoms with Crippen molar-refractivity contribution in [2.24, 2.45) is 0 Å². The van der Waals surface area contributed by atoms with Crippen LogP contribution >= 0.6 is 0 Å². The van der Waals surface area contributed by atoms with Crippen molar-refractivity contribution in [3.8, 4) is 22.6 Å². The Morgan fingerprint density at radius 3 is 2.12 bits per heavy atom. The molecule has 4 aromatic rings. The Kier molecular flexibility index (Phi) is 6.37. The number of hydrogen-bond donors (Lipinski definition) is 0. The molecule has 0 saturated heterocycles. The van der Waals surface area contributed by atoms with Crippen LogP contribution in [0.5, 0.6) is 11.5 Å². The molecule has 32 heavy (non-hydrogen) atoms. The van der Waals surface area contributed by atoms with Gasteiger partial charge in [0.05, 0.1) is 5.56 Å². The van der Waals surface area contributed by atoms with Gasteiger partial charge >= 0.3 is 5.97 Å². The van der Waals surface area contributed by atoms with Crippen LogP contribution in [0.4, 0.5) is 0 Å². The number of rotatable bonds is 6. The second-order valence-electron chi connectivity index (χ2n) is 8.04. The molecular formula is C29H26O3. The van der Waals surface area contributed by atoms with Gasteiger partial charge in [-0.15, -0.1) is 0 Å². The average Bonchev–Trinajstić information content (AvgIpc) is 2.80. The second-order valence-corrected chi connectivity index (χ2v) is 8.04. The van der Waals surface area contributed by atoms with Crippen LogP contribution in [0.15, 0.2) is 91.0 Å². The van der Waals surface area contributed by atoms with E-state index >= 15 is 0 Å². The SMILES string of the molecule is Cc1ccc(OCc2ccc(C(=O)Oc3ccc(-c4cccc(C)c4)cc3C)cc2)cc1. The Hall–Kier alpha value is -3.85. The molecule has 0 heterocycles. The molecule has 0 fully saturated rings. The van der Waals surface area contributed by atoms with E-state index < -0.39 is 0 Å². The van der Waals surface area contributed by atoms with Gasteiger partial charge in [0.1, 0.15) is 18.1 Å². The number of aryl methyl sites for hydroxylation is 3. The third-order valence-electron chi connectivity index (χ3n) is 5.35. The third-order valence-corrected chi connectivity index (χ3v) is 5.35. The summed E-state index contributed by atoms with van der Waals surface area (Å²) in [6.07, 6.45) is 0. The Balaban J connectivity index is 1.39. The molecule has 4 rings (SSSR count). The Bertz CT molecular complexity index is 1220. The Labute approximate surface area is 189 Å². The molecule has 0 atom stereocenters. The first-order chi connectivity index (χ1) is 15.5. The maximum Gasteiger partial charge on any atom is 0.343 e. The van der Waals surface area contributed by atoms with Gasteiger partial charge in [-0.05, 0) is 79.4 Å². The Morgan fingerprint density at radius 2 is 1.44 bits per heavy atom. The van der Waals surface area contributed by atoms with Crippen molar-refractivity contribution in [3.63, 3.8) is 0 Å². The minimum absolute atomic E-state index is 0.373. The minimum atomic E-state index is -0.373. The van der Waals surface area contributed by atoms with E-state index in [1.165, 1.54) is 11.1 Å². The lowest BCUT2D eigenvalue weighted by Gasteiger charge is -2.11. The van der Waals surface area contributed by atoms with Crippen LogP contribution in [0.3, 0.4) is 0 Å². The lowest BCUT2D eigenvalue weighted by Crippen LogP contribution is -2.09. The van der Waals surface area contributed by atoms with Crippen LogP contribution in [0.1, 0.15) is 32.6 Å². The van der Waals surface area contributed by atoms with E-state index in [0.29, 0.717) is 17.9 Å². The van der Waals surface area contributed by atoms with Crippen LogP contribution < -0.4 is 9.47 Å². The number of esters is 1. The monoisotopic (exact) mass is 422 g/mol. The summed E-state index contributed by atoms with van der Waals surface area (Å²) in [5.74, 6) is 1.02. The largest absolute Gasteiger partial charge is 0.489 e. The van der Waals surface area contributed by atoms with E-state index in [9.17, 15) is 4.79 Å². The zero-order chi connectivity index (χ0) is 22.5. The van der Waals surface area contributed by atoms with E-state index in [1.54, 1.807) is 12.1 Å². The third kappa shape index (κ3) is 5.25. The van der Waals surface area contributed by atoms with E-state index in [4.69, 9.17) is 9.47 Å². The van der Waals surface area contributed by atoms with Gasteiger partial charge in [0.2, 0.25) is 0 Å². The molecule has 0 aliphatic heterocycles. The lowest BCUT2D eigenvalue weighted by atomic mass is 10.0. The van der Waals surface area contributed by atoms with Gasteiger partial charge in [0, 0.05) is 0 Å². The minimum Gasteiger partial charge on any atom is -0.489 e. The number of carbonyl (C=O) groups excluding carboxylic acids is 1. The maximum absolute atomic E-state index is 12.6. The zero-order valence-electron chi connectivity index (χ0n) is 18.6. The van der Waals surface area contributed by atoms with Crippen molar-refractivity contribution in [3.05, 3.63) is 119 Å². The highest BCUT2D eigenvalue weighted by Gasteiger charge is 2.11. The van der Waals surface area contributed by atoms with E-state index in [1.807, 2.05) is 74.5 Å². The molecule has 0 aliphatic carbocycles. The van der Waals surface area contributed by atoms with E-state index in [0.717, 1.165) is 28.0 Å². The van der Waals surface area contributed by atoms with Gasteiger partial charge < -0.3 is 9.47 Å². The first-order valence-electron chi connectivity index (χ1n) is 10.7. The van der Waals surface area contributed by atoms with E-state index in [2.05, 4.69) is 25.1 Å². The number of ether oxygens (including phenoxy) is 2. The second kappa shape index (κ2) is 9.52. The summed E-state index contributed by atoms with van der Waals surface area (Å²) in [7, 11) is 0. The molecule has 0 spiro atoms. The number of hydrogen-bond acceptors (Lipinski definition) is 3. The van der Waals surface area contributed by atoms with Gasteiger partial charge in [-0.25, -0.2) is 4.79 Å². The molecule has 0 saturated carbocycles. The van der Waals surface area contributed by atoms with Gasteiger partial charge in [0.25, 0.3) is 0 Å². The van der Waals surface area contributed by atoms with Crippen molar-refractivity contribution in [1.82, 2.24) is 0 Å². The zero-order valence-corrected chi connectivity index (χ0v) is 18.6. The highest BCUT2D eigenvalue weighted by atomic mass is 16.5. The molecule has 0 unspecified atom stereocenters. The summed E-state index contributed by atoms with van der Waals surface area (Å²) < 4.78 is 11.5. The first kappa shape index (κ1) is 21.4. The van der Waals surface area contributed by atoms with Gasteiger partial charge in [-0.3, -0.25) is 0 Å². The fourth-order valence-electron chi connectivity index (χ4n) is 3.47. The maximum atomic E-state index is 12.6. The highest BCUT2D eigenvalue weighted by Crippen LogP contribution is 2.27. The van der Waals surface area contributed by atoms with Crippen molar-refractivity contribution in [1.29, 1.82) is 0 Å². The van der Waals surface area contributed by atoms with Crippen LogP contribution in [0.2, 0.25) is 0 Å². The Morgan fingerprint density at radius 1 is 0.719 bits per heavy atom. The summed E-state index contributed by atoms with van der Waals surface area (Å²) in [5.41, 5.74) is 7.06. The summed E-state index contributed by atoms with van der Waals surface area (Å²) in [6.45, 7) is 6.51. The van der Waals surface area contributed by atoms with Gasteiger partial charge in [-0.2, -0.15) is 0 Å². The summed E-state index contributed by atoms with van der Waals surface area (Å²) in [5, 5.41) is 0. The van der Waals surface area contributed by atoms with Crippen molar-refractivity contribution < 1.29 is 14.3 Å². The molecule has 0 N–H and O–H groups in total. The average molecular weight is 423 g/mol. The molecule has 4 aromatic carbocycles. The molecule has 3 heteroatoms. The standard InChI is InChI=1S/C29H26O3/c1-20-7-14-27(15-8-20)31-19-23-9-11-24(12-10-23)29(30)32-28-16-13-26(18-22(28)3)25-6-4-5-21(2)17-25/h4-18H,19H2,1-3H3. The van der Waals surface area contributed by atoms with Gasteiger partial charge in [0.15, 0.2) is 0 Å². The predicted molar refractivity (Wildman–Crippen MR) is 128 cm³/mol. The van der Waals surface area contributed by atoms with Crippen molar-refractivity contribution in [2.45, 2.75) is 27.4 Å². The summed E-state index contributed by atoms with van der Waals surface area (Å²) >= 11 is 0. The fourth-order valence-corrected chi connectivity index (χ4v) is 3.47. The van der Waals surface area contributed by atoms with Gasteiger partial charge in [-0.1, -0.05) is 65.7 Å². The smallest absolute Gasteiger partial charge is 0.343 e.